The summed E-state index contributed by atoms with van der Waals surface area (Å²) < 4.78 is 0. The van der Waals surface area contributed by atoms with Crippen LogP contribution in [-0.2, 0) is 4.79 Å². The number of aliphatic hydroxyl groups is 1. The lowest BCUT2D eigenvalue weighted by molar-refractivity contribution is -0.132. The van der Waals surface area contributed by atoms with Crippen molar-refractivity contribution in [1.29, 1.82) is 0 Å². The van der Waals surface area contributed by atoms with Crippen molar-refractivity contribution in [3.63, 3.8) is 0 Å². The Labute approximate surface area is 84.7 Å². The smallest absolute Gasteiger partial charge is 0.240 e. The van der Waals surface area contributed by atoms with Crippen LogP contribution in [0.2, 0.25) is 0 Å². The Balaban J connectivity index is 4.24. The number of rotatable bonds is 7. The van der Waals surface area contributed by atoms with E-state index >= 15 is 0 Å². The number of hydrogen-bond acceptors (Lipinski definition) is 3. The van der Waals surface area contributed by atoms with Gasteiger partial charge in [0.25, 0.3) is 0 Å². The van der Waals surface area contributed by atoms with Gasteiger partial charge in [-0.15, -0.1) is 13.2 Å². The van der Waals surface area contributed by atoms with E-state index in [1.165, 1.54) is 4.90 Å². The molecule has 1 unspecified atom stereocenters. The molecule has 3 N–H and O–H groups in total. The summed E-state index contributed by atoms with van der Waals surface area (Å²) in [5, 5.41) is 8.73. The predicted octanol–water partition coefficient (Wildman–Crippen LogP) is -0.103. The van der Waals surface area contributed by atoms with Crippen LogP contribution in [0.25, 0.3) is 0 Å². The van der Waals surface area contributed by atoms with Gasteiger partial charge in [0, 0.05) is 13.1 Å². The Morgan fingerprint density at radius 1 is 1.50 bits per heavy atom. The highest BCUT2D eigenvalue weighted by atomic mass is 16.3. The fourth-order valence-corrected chi connectivity index (χ4v) is 1.08. The summed E-state index contributed by atoms with van der Waals surface area (Å²) in [5.74, 6) is -0.182. The number of nitrogens with zero attached hydrogens (tertiary/aromatic N) is 1. The Morgan fingerprint density at radius 2 is 2.14 bits per heavy atom. The summed E-state index contributed by atoms with van der Waals surface area (Å²) in [6, 6.07) is -0.570. The second kappa shape index (κ2) is 7.29. The van der Waals surface area contributed by atoms with Crippen molar-refractivity contribution < 1.29 is 9.90 Å². The number of aliphatic hydroxyl groups excluding tert-OH is 1. The highest BCUT2D eigenvalue weighted by Crippen LogP contribution is 1.98. The van der Waals surface area contributed by atoms with E-state index in [0.29, 0.717) is 13.0 Å². The molecule has 0 aliphatic heterocycles. The molecule has 0 saturated carbocycles. The Hall–Kier alpha value is -1.13. The van der Waals surface area contributed by atoms with E-state index in [-0.39, 0.29) is 19.1 Å². The van der Waals surface area contributed by atoms with Gasteiger partial charge in [0.15, 0.2) is 0 Å². The maximum Gasteiger partial charge on any atom is 0.240 e. The van der Waals surface area contributed by atoms with Gasteiger partial charge in [-0.2, -0.15) is 0 Å². The lowest BCUT2D eigenvalue weighted by atomic mass is 10.2. The molecule has 0 aliphatic carbocycles. The summed E-state index contributed by atoms with van der Waals surface area (Å²) in [4.78, 5) is 13.1. The lowest BCUT2D eigenvalue weighted by Gasteiger charge is -2.22. The molecule has 0 saturated heterocycles. The second-order valence-electron chi connectivity index (χ2n) is 2.93. The molecule has 0 heterocycles. The van der Waals surface area contributed by atoms with Crippen LogP contribution in [0.5, 0.6) is 0 Å². The number of nitrogens with two attached hydrogens (primary N) is 1. The number of carbonyl (C=O) groups excluding carboxylic acids is 1. The van der Waals surface area contributed by atoms with Crippen molar-refractivity contribution in [2.75, 3.05) is 19.7 Å². The van der Waals surface area contributed by atoms with Crippen LogP contribution in [0.3, 0.4) is 0 Å². The zero-order valence-corrected chi connectivity index (χ0v) is 8.35. The first-order valence-corrected chi connectivity index (χ1v) is 4.54. The molecule has 0 bridgehead atoms. The Kier molecular flexibility index (Phi) is 6.70. The first-order valence-electron chi connectivity index (χ1n) is 4.54. The number of amides is 1. The van der Waals surface area contributed by atoms with Crippen molar-refractivity contribution in [1.82, 2.24) is 4.90 Å². The van der Waals surface area contributed by atoms with Gasteiger partial charge in [0.1, 0.15) is 0 Å². The maximum absolute atomic E-state index is 11.6. The molecule has 0 rings (SSSR count). The molecule has 0 radical (unpaired) electrons. The molecule has 0 aromatic carbocycles. The Bertz CT molecular complexity index is 204. The molecular weight excluding hydrogens is 180 g/mol. The molecule has 1 atom stereocenters. The molecule has 80 valence electrons. The molecule has 0 spiro atoms. The average Bonchev–Trinajstić information content (AvgIpc) is 2.17. The average molecular weight is 198 g/mol. The minimum Gasteiger partial charge on any atom is -0.395 e. The minimum atomic E-state index is -0.570. The topological polar surface area (TPSA) is 66.6 Å². The Morgan fingerprint density at radius 3 is 2.57 bits per heavy atom. The van der Waals surface area contributed by atoms with E-state index in [1.54, 1.807) is 12.2 Å². The van der Waals surface area contributed by atoms with Crippen molar-refractivity contribution in [2.45, 2.75) is 12.5 Å². The van der Waals surface area contributed by atoms with E-state index in [1.807, 2.05) is 0 Å². The first-order chi connectivity index (χ1) is 6.67. The first kappa shape index (κ1) is 12.9. The van der Waals surface area contributed by atoms with Gasteiger partial charge < -0.3 is 15.7 Å². The molecule has 4 nitrogen and oxygen atoms in total. The van der Waals surface area contributed by atoms with Crippen LogP contribution in [0.15, 0.2) is 25.3 Å². The molecule has 0 aromatic rings. The monoisotopic (exact) mass is 198 g/mol. The molecular formula is C10H18N2O2. The highest BCUT2D eigenvalue weighted by molar-refractivity contribution is 5.81. The zero-order chi connectivity index (χ0) is 11.0. The summed E-state index contributed by atoms with van der Waals surface area (Å²) in [6.07, 6.45) is 3.65. The van der Waals surface area contributed by atoms with E-state index in [4.69, 9.17) is 10.8 Å². The fraction of sp³-hybridized carbons (Fsp3) is 0.500. The van der Waals surface area contributed by atoms with Crippen molar-refractivity contribution >= 4 is 5.91 Å². The quantitative estimate of drug-likeness (QED) is 0.561. The van der Waals surface area contributed by atoms with Crippen molar-refractivity contribution in [2.24, 2.45) is 5.73 Å². The number of hydrogen-bond donors (Lipinski definition) is 2. The molecule has 0 fully saturated rings. The van der Waals surface area contributed by atoms with Gasteiger partial charge in [0.05, 0.1) is 12.6 Å². The van der Waals surface area contributed by atoms with E-state index in [9.17, 15) is 4.79 Å². The van der Waals surface area contributed by atoms with Gasteiger partial charge in [0.2, 0.25) is 5.91 Å². The van der Waals surface area contributed by atoms with Gasteiger partial charge in [-0.1, -0.05) is 12.2 Å². The molecule has 4 heteroatoms. The van der Waals surface area contributed by atoms with Crippen LogP contribution in [0.1, 0.15) is 6.42 Å². The van der Waals surface area contributed by atoms with E-state index in [0.717, 1.165) is 0 Å². The third-order valence-corrected chi connectivity index (χ3v) is 1.77. The van der Waals surface area contributed by atoms with Crippen molar-refractivity contribution in [3.05, 3.63) is 25.3 Å². The van der Waals surface area contributed by atoms with Crippen LogP contribution in [0, 0.1) is 0 Å². The van der Waals surface area contributed by atoms with E-state index in [2.05, 4.69) is 13.2 Å². The minimum absolute atomic E-state index is 0.0691. The second-order valence-corrected chi connectivity index (χ2v) is 2.93. The fourth-order valence-electron chi connectivity index (χ4n) is 1.08. The molecule has 0 aromatic heterocycles. The van der Waals surface area contributed by atoms with Gasteiger partial charge >= 0.3 is 0 Å². The number of carbonyl (C=O) groups is 1. The van der Waals surface area contributed by atoms with Gasteiger partial charge in [-0.25, -0.2) is 0 Å². The summed E-state index contributed by atoms with van der Waals surface area (Å²) >= 11 is 0. The standard InChI is InChI=1S/C10H18N2O2/c1-3-5-9(11)10(14)12(6-4-2)7-8-13/h3-4,9,13H,1-2,5-8,11H2. The molecule has 1 amide bonds. The predicted molar refractivity (Wildman–Crippen MR) is 56.7 cm³/mol. The SMILES string of the molecule is C=CCC(N)C(=O)N(CC=C)CCO. The third kappa shape index (κ3) is 4.20. The van der Waals surface area contributed by atoms with Crippen LogP contribution in [-0.4, -0.2) is 41.7 Å². The highest BCUT2D eigenvalue weighted by Gasteiger charge is 2.18. The maximum atomic E-state index is 11.6. The van der Waals surface area contributed by atoms with Crippen molar-refractivity contribution in [3.8, 4) is 0 Å². The van der Waals surface area contributed by atoms with E-state index < -0.39 is 6.04 Å². The normalized spacial score (nSPS) is 11.9. The largest absolute Gasteiger partial charge is 0.395 e. The van der Waals surface area contributed by atoms with Crippen LogP contribution >= 0.6 is 0 Å². The lowest BCUT2D eigenvalue weighted by Crippen LogP contribution is -2.44. The summed E-state index contributed by atoms with van der Waals surface area (Å²) in [6.45, 7) is 7.67. The summed E-state index contributed by atoms with van der Waals surface area (Å²) in [7, 11) is 0. The zero-order valence-electron chi connectivity index (χ0n) is 8.35. The summed E-state index contributed by atoms with van der Waals surface area (Å²) in [5.41, 5.74) is 5.61. The third-order valence-electron chi connectivity index (χ3n) is 1.77. The van der Waals surface area contributed by atoms with Gasteiger partial charge in [-0.05, 0) is 6.42 Å². The van der Waals surface area contributed by atoms with Crippen LogP contribution < -0.4 is 5.73 Å². The van der Waals surface area contributed by atoms with Gasteiger partial charge in [-0.3, -0.25) is 4.79 Å². The molecule has 14 heavy (non-hydrogen) atoms. The van der Waals surface area contributed by atoms with Crippen LogP contribution in [0.4, 0.5) is 0 Å². The molecule has 0 aliphatic rings.